The molecule has 152 valence electrons. The molecular weight excluding hydrogens is 453 g/mol. The summed E-state index contributed by atoms with van der Waals surface area (Å²) in [4.78, 5) is 7.10. The minimum atomic E-state index is 0. The standard InChI is InChI=1S/C19H33N7.HI/c1-20-19(22-15-10-12-25(14-15)16-7-4-5-8-16)21-13-18-24-23-17-9-3-2-6-11-26(17)18;/h15-16H,2-14H2,1H3,(H2,20,21,22);1H. The maximum absolute atomic E-state index is 4.42. The fourth-order valence-electron chi connectivity index (χ4n) is 4.73. The number of rotatable bonds is 4. The molecule has 0 aromatic carbocycles. The molecule has 7 nitrogen and oxygen atoms in total. The van der Waals surface area contributed by atoms with E-state index in [9.17, 15) is 0 Å². The van der Waals surface area contributed by atoms with Gasteiger partial charge in [-0.15, -0.1) is 34.2 Å². The van der Waals surface area contributed by atoms with Crippen LogP contribution in [0, 0.1) is 0 Å². The van der Waals surface area contributed by atoms with Gasteiger partial charge in [-0.2, -0.15) is 0 Å². The van der Waals surface area contributed by atoms with E-state index < -0.39 is 0 Å². The van der Waals surface area contributed by atoms with E-state index in [4.69, 9.17) is 0 Å². The molecular formula is C19H34IN7. The Hall–Kier alpha value is -0.900. The van der Waals surface area contributed by atoms with Crippen LogP contribution in [0.3, 0.4) is 0 Å². The highest BCUT2D eigenvalue weighted by atomic mass is 127. The Balaban J connectivity index is 0.00000210. The summed E-state index contributed by atoms with van der Waals surface area (Å²) in [5.74, 6) is 3.06. The van der Waals surface area contributed by atoms with Crippen molar-refractivity contribution in [3.63, 3.8) is 0 Å². The Kier molecular flexibility index (Phi) is 7.75. The molecule has 4 rings (SSSR count). The fraction of sp³-hybridized carbons (Fsp3) is 0.842. The van der Waals surface area contributed by atoms with Gasteiger partial charge in [0.25, 0.3) is 0 Å². The van der Waals surface area contributed by atoms with Crippen LogP contribution < -0.4 is 10.6 Å². The summed E-state index contributed by atoms with van der Waals surface area (Å²) in [7, 11) is 1.85. The van der Waals surface area contributed by atoms with Crippen LogP contribution in [0.15, 0.2) is 4.99 Å². The highest BCUT2D eigenvalue weighted by Crippen LogP contribution is 2.26. The van der Waals surface area contributed by atoms with Crippen molar-refractivity contribution in [2.75, 3.05) is 20.1 Å². The minimum Gasteiger partial charge on any atom is -0.352 e. The molecule has 1 saturated heterocycles. The van der Waals surface area contributed by atoms with Crippen LogP contribution in [0.25, 0.3) is 0 Å². The summed E-state index contributed by atoms with van der Waals surface area (Å²) in [6.07, 6.45) is 11.6. The van der Waals surface area contributed by atoms with Crippen molar-refractivity contribution in [3.05, 3.63) is 11.6 Å². The first-order valence-electron chi connectivity index (χ1n) is 10.5. The zero-order valence-electron chi connectivity index (χ0n) is 16.5. The molecule has 1 aromatic heterocycles. The summed E-state index contributed by atoms with van der Waals surface area (Å²) < 4.78 is 2.30. The van der Waals surface area contributed by atoms with Crippen LogP contribution >= 0.6 is 24.0 Å². The second-order valence-corrected chi connectivity index (χ2v) is 7.98. The molecule has 1 aromatic rings. The lowest BCUT2D eigenvalue weighted by Crippen LogP contribution is -2.45. The third-order valence-corrected chi connectivity index (χ3v) is 6.23. The number of aryl methyl sites for hydroxylation is 1. The number of aliphatic imine (C=N–C) groups is 1. The van der Waals surface area contributed by atoms with Crippen LogP contribution in [0.1, 0.15) is 63.0 Å². The van der Waals surface area contributed by atoms with E-state index in [1.807, 2.05) is 7.05 Å². The molecule has 1 saturated carbocycles. The second-order valence-electron chi connectivity index (χ2n) is 7.98. The Morgan fingerprint density at radius 3 is 2.74 bits per heavy atom. The van der Waals surface area contributed by atoms with Crippen molar-refractivity contribution in [3.8, 4) is 0 Å². The summed E-state index contributed by atoms with van der Waals surface area (Å²) in [5, 5.41) is 15.8. The van der Waals surface area contributed by atoms with Crippen LogP contribution in [0.5, 0.6) is 0 Å². The van der Waals surface area contributed by atoms with Crippen molar-refractivity contribution in [1.82, 2.24) is 30.3 Å². The topological polar surface area (TPSA) is 70.4 Å². The fourth-order valence-corrected chi connectivity index (χ4v) is 4.73. The van der Waals surface area contributed by atoms with Crippen molar-refractivity contribution < 1.29 is 0 Å². The van der Waals surface area contributed by atoms with Crippen molar-refractivity contribution in [2.45, 2.75) is 83.0 Å². The number of guanidine groups is 1. The molecule has 3 heterocycles. The SMILES string of the molecule is CN=C(NCc1nnc2n1CCCCC2)NC1CCN(C2CCCC2)C1.I. The molecule has 1 atom stereocenters. The zero-order chi connectivity index (χ0) is 17.8. The second kappa shape index (κ2) is 10.0. The van der Waals surface area contributed by atoms with E-state index in [0.717, 1.165) is 43.2 Å². The number of hydrogen-bond acceptors (Lipinski definition) is 4. The quantitative estimate of drug-likeness (QED) is 0.388. The molecule has 1 unspecified atom stereocenters. The number of hydrogen-bond donors (Lipinski definition) is 2. The van der Waals surface area contributed by atoms with Gasteiger partial charge in [0.05, 0.1) is 6.54 Å². The predicted octanol–water partition coefficient (Wildman–Crippen LogP) is 2.30. The Morgan fingerprint density at radius 2 is 1.93 bits per heavy atom. The zero-order valence-corrected chi connectivity index (χ0v) is 18.8. The number of fused-ring (bicyclic) bond motifs is 1. The average Bonchev–Trinajstić information content (AvgIpc) is 3.38. The van der Waals surface area contributed by atoms with E-state index in [0.29, 0.717) is 12.6 Å². The van der Waals surface area contributed by atoms with Crippen molar-refractivity contribution in [1.29, 1.82) is 0 Å². The number of nitrogens with zero attached hydrogens (tertiary/aromatic N) is 5. The van der Waals surface area contributed by atoms with Crippen LogP contribution in [0.4, 0.5) is 0 Å². The first-order chi connectivity index (χ1) is 12.8. The minimum absolute atomic E-state index is 0. The predicted molar refractivity (Wildman–Crippen MR) is 119 cm³/mol. The highest BCUT2D eigenvalue weighted by Gasteiger charge is 2.30. The normalized spacial score (nSPS) is 24.3. The number of nitrogens with one attached hydrogen (secondary N) is 2. The molecule has 2 N–H and O–H groups in total. The largest absolute Gasteiger partial charge is 0.352 e. The molecule has 0 radical (unpaired) electrons. The van der Waals surface area contributed by atoms with Gasteiger partial charge in [-0.05, 0) is 32.1 Å². The van der Waals surface area contributed by atoms with Crippen LogP contribution in [-0.4, -0.2) is 57.8 Å². The molecule has 0 bridgehead atoms. The molecule has 8 heteroatoms. The summed E-state index contributed by atoms with van der Waals surface area (Å²) in [5.41, 5.74) is 0. The molecule has 0 spiro atoms. The first kappa shape index (κ1) is 20.8. The smallest absolute Gasteiger partial charge is 0.191 e. The molecule has 1 aliphatic carbocycles. The van der Waals surface area contributed by atoms with E-state index >= 15 is 0 Å². The van der Waals surface area contributed by atoms with Gasteiger partial charge in [-0.25, -0.2) is 0 Å². The number of likely N-dealkylation sites (tertiary alicyclic amines) is 1. The summed E-state index contributed by atoms with van der Waals surface area (Å²) in [6, 6.07) is 1.32. The molecule has 0 amide bonds. The van der Waals surface area contributed by atoms with Crippen LogP contribution in [-0.2, 0) is 19.5 Å². The van der Waals surface area contributed by atoms with Crippen molar-refractivity contribution >= 4 is 29.9 Å². The summed E-state index contributed by atoms with van der Waals surface area (Å²) in [6.45, 7) is 4.10. The Labute approximate surface area is 179 Å². The summed E-state index contributed by atoms with van der Waals surface area (Å²) >= 11 is 0. The van der Waals surface area contributed by atoms with E-state index in [1.54, 1.807) is 0 Å². The van der Waals surface area contributed by atoms with Gasteiger partial charge in [0, 0.05) is 45.2 Å². The van der Waals surface area contributed by atoms with Crippen molar-refractivity contribution in [2.24, 2.45) is 4.99 Å². The van der Waals surface area contributed by atoms with Gasteiger partial charge >= 0.3 is 0 Å². The third-order valence-electron chi connectivity index (χ3n) is 6.23. The molecule has 2 aliphatic heterocycles. The first-order valence-corrected chi connectivity index (χ1v) is 10.5. The van der Waals surface area contributed by atoms with E-state index in [2.05, 4.69) is 35.3 Å². The number of aromatic nitrogens is 3. The number of halogens is 1. The molecule has 27 heavy (non-hydrogen) atoms. The van der Waals surface area contributed by atoms with Gasteiger partial charge in [0.2, 0.25) is 0 Å². The monoisotopic (exact) mass is 487 g/mol. The maximum Gasteiger partial charge on any atom is 0.191 e. The lowest BCUT2D eigenvalue weighted by molar-refractivity contribution is 0.242. The maximum atomic E-state index is 4.42. The van der Waals surface area contributed by atoms with Gasteiger partial charge in [0.15, 0.2) is 11.8 Å². The Morgan fingerprint density at radius 1 is 1.07 bits per heavy atom. The highest BCUT2D eigenvalue weighted by molar-refractivity contribution is 14.0. The molecule has 2 fully saturated rings. The van der Waals surface area contributed by atoms with E-state index in [1.165, 1.54) is 57.9 Å². The van der Waals surface area contributed by atoms with Crippen LogP contribution in [0.2, 0.25) is 0 Å². The Bertz CT molecular complexity index is 624. The van der Waals surface area contributed by atoms with Gasteiger partial charge in [-0.1, -0.05) is 19.3 Å². The van der Waals surface area contributed by atoms with E-state index in [-0.39, 0.29) is 24.0 Å². The van der Waals surface area contributed by atoms with Gasteiger partial charge in [-0.3, -0.25) is 9.89 Å². The van der Waals surface area contributed by atoms with Gasteiger partial charge < -0.3 is 15.2 Å². The lowest BCUT2D eigenvalue weighted by atomic mass is 10.2. The third kappa shape index (κ3) is 5.13. The lowest BCUT2D eigenvalue weighted by Gasteiger charge is -2.24. The van der Waals surface area contributed by atoms with Gasteiger partial charge in [0.1, 0.15) is 5.82 Å². The average molecular weight is 487 g/mol. The molecule has 3 aliphatic rings.